The Hall–Kier alpha value is -1.43. The van der Waals surface area contributed by atoms with Crippen molar-refractivity contribution < 1.29 is 43.5 Å². The first-order chi connectivity index (χ1) is 11.2. The van der Waals surface area contributed by atoms with Gasteiger partial charge in [0, 0.05) is 19.8 Å². The molecule has 1 aromatic carbocycles. The van der Waals surface area contributed by atoms with E-state index in [0.717, 1.165) is 0 Å². The van der Waals surface area contributed by atoms with Gasteiger partial charge in [0.25, 0.3) is 0 Å². The lowest BCUT2D eigenvalue weighted by Crippen LogP contribution is -2.16. The number of carboxylic acids is 1. The minimum Gasteiger partial charge on any atom is -0.478 e. The van der Waals surface area contributed by atoms with E-state index >= 15 is 0 Å². The fourth-order valence-corrected chi connectivity index (χ4v) is 2.83. The number of halogens is 5. The first-order valence-corrected chi connectivity index (χ1v) is 8.90. The summed E-state index contributed by atoms with van der Waals surface area (Å²) in [7, 11) is -7.48. The molecule has 1 rings (SSSR count). The highest BCUT2D eigenvalue weighted by molar-refractivity contribution is 8.45. The number of aromatic carboxylic acids is 1. The fourth-order valence-electron chi connectivity index (χ4n) is 2.13. The minimum absolute atomic E-state index is 0.0135. The molecule has 0 fully saturated rings. The summed E-state index contributed by atoms with van der Waals surface area (Å²) in [5.41, 5.74) is -1.41. The van der Waals surface area contributed by atoms with Crippen LogP contribution in [0.15, 0.2) is 17.0 Å². The topological polar surface area (TPSA) is 65.0 Å². The first-order valence-electron chi connectivity index (χ1n) is 6.95. The fraction of sp³-hybridized carbons (Fsp3) is 0.500. The summed E-state index contributed by atoms with van der Waals surface area (Å²) < 4.78 is 80.5. The van der Waals surface area contributed by atoms with Gasteiger partial charge in [-0.15, -0.1) is 0 Å². The zero-order valence-electron chi connectivity index (χ0n) is 13.7. The quantitative estimate of drug-likeness (QED) is 0.476. The van der Waals surface area contributed by atoms with Gasteiger partial charge in [0.15, 0.2) is 0 Å². The summed E-state index contributed by atoms with van der Waals surface area (Å²) in [5, 5.41) is 9.19. The molecule has 5 nitrogen and oxygen atoms in total. The van der Waals surface area contributed by atoms with Crippen molar-refractivity contribution >= 4 is 16.2 Å². The molecule has 1 unspecified atom stereocenters. The van der Waals surface area contributed by atoms with E-state index in [1.165, 1.54) is 21.1 Å². The molecule has 1 N–H and O–H groups in total. The van der Waals surface area contributed by atoms with Gasteiger partial charge in [0.05, 0.1) is 31.5 Å². The van der Waals surface area contributed by atoms with Gasteiger partial charge in [0.1, 0.15) is 4.90 Å². The van der Waals surface area contributed by atoms with Crippen LogP contribution in [-0.4, -0.2) is 38.5 Å². The lowest BCUT2D eigenvalue weighted by molar-refractivity contribution is 0.0580. The highest BCUT2D eigenvalue weighted by Crippen LogP contribution is 3.02. The predicted molar refractivity (Wildman–Crippen MR) is 81.8 cm³/mol. The SMILES string of the molecule is COCCOCc1cc(S(F)(F)(F)(F)F)cc(C(=O)O)c1C(C)OC. The Morgan fingerprint density at radius 1 is 1.16 bits per heavy atom. The summed E-state index contributed by atoms with van der Waals surface area (Å²) in [6, 6.07) is 0.152. The summed E-state index contributed by atoms with van der Waals surface area (Å²) in [6.45, 7) is 0.997. The van der Waals surface area contributed by atoms with Gasteiger partial charge in [-0.1, -0.05) is 19.4 Å². The number of carboxylic acid groups (broad SMARTS) is 1. The molecule has 0 aliphatic heterocycles. The molecule has 0 aliphatic carbocycles. The molecule has 0 amide bonds. The molecule has 0 bridgehead atoms. The number of methoxy groups -OCH3 is 2. The molecule has 0 heterocycles. The maximum Gasteiger partial charge on any atom is 0.336 e. The van der Waals surface area contributed by atoms with E-state index < -0.39 is 39.4 Å². The van der Waals surface area contributed by atoms with E-state index in [2.05, 4.69) is 0 Å². The maximum absolute atomic E-state index is 13.1. The zero-order valence-corrected chi connectivity index (χ0v) is 14.5. The van der Waals surface area contributed by atoms with Gasteiger partial charge in [-0.2, -0.15) is 0 Å². The Bertz CT molecular complexity index is 647. The largest absolute Gasteiger partial charge is 0.478 e. The van der Waals surface area contributed by atoms with Crippen LogP contribution in [0.3, 0.4) is 0 Å². The summed E-state index contributed by atoms with van der Waals surface area (Å²) in [4.78, 5) is 9.06. The molecule has 1 aromatic rings. The Morgan fingerprint density at radius 3 is 2.20 bits per heavy atom. The van der Waals surface area contributed by atoms with Crippen LogP contribution < -0.4 is 0 Å². The molecular formula is C14H19F5O5S. The minimum atomic E-state index is -10.1. The molecule has 146 valence electrons. The average Bonchev–Trinajstić information content (AvgIpc) is 2.47. The molecule has 25 heavy (non-hydrogen) atoms. The zero-order chi connectivity index (χ0) is 19.5. The molecule has 11 heteroatoms. The van der Waals surface area contributed by atoms with Crippen molar-refractivity contribution in [1.29, 1.82) is 0 Å². The van der Waals surface area contributed by atoms with Crippen molar-refractivity contribution in [3.05, 3.63) is 28.8 Å². The maximum atomic E-state index is 13.1. The van der Waals surface area contributed by atoms with Crippen molar-refractivity contribution in [1.82, 2.24) is 0 Å². The second-order valence-corrected chi connectivity index (χ2v) is 7.65. The second-order valence-electron chi connectivity index (χ2n) is 5.24. The van der Waals surface area contributed by atoms with Crippen molar-refractivity contribution in [2.24, 2.45) is 0 Å². The molecule has 0 radical (unpaired) electrons. The lowest BCUT2D eigenvalue weighted by atomic mass is 9.97. The average molecular weight is 394 g/mol. The van der Waals surface area contributed by atoms with Crippen LogP contribution in [-0.2, 0) is 20.8 Å². The number of hydrogen-bond acceptors (Lipinski definition) is 4. The number of ether oxygens (including phenoxy) is 3. The van der Waals surface area contributed by atoms with Crippen LogP contribution in [0, 0.1) is 0 Å². The van der Waals surface area contributed by atoms with Crippen LogP contribution in [0.1, 0.15) is 34.5 Å². The van der Waals surface area contributed by atoms with Crippen molar-refractivity contribution in [2.45, 2.75) is 24.5 Å². The van der Waals surface area contributed by atoms with Gasteiger partial charge in [0.2, 0.25) is 0 Å². The van der Waals surface area contributed by atoms with Gasteiger partial charge in [-0.25, -0.2) is 4.79 Å². The number of rotatable bonds is 9. The Labute approximate surface area is 141 Å². The van der Waals surface area contributed by atoms with E-state index in [4.69, 9.17) is 14.2 Å². The summed E-state index contributed by atoms with van der Waals surface area (Å²) in [6.07, 6.45) is -0.945. The number of hydrogen-bond donors (Lipinski definition) is 1. The Morgan fingerprint density at radius 2 is 1.76 bits per heavy atom. The number of benzene rings is 1. The molecule has 0 aliphatic rings. The smallest absolute Gasteiger partial charge is 0.336 e. The van der Waals surface area contributed by atoms with E-state index in [1.54, 1.807) is 0 Å². The van der Waals surface area contributed by atoms with Crippen LogP contribution in [0.5, 0.6) is 0 Å². The van der Waals surface area contributed by atoms with Gasteiger partial charge in [-0.05, 0) is 24.6 Å². The van der Waals surface area contributed by atoms with E-state index in [-0.39, 0.29) is 36.5 Å². The monoisotopic (exact) mass is 394 g/mol. The van der Waals surface area contributed by atoms with Crippen molar-refractivity contribution in [2.75, 3.05) is 27.4 Å². The highest BCUT2D eigenvalue weighted by atomic mass is 32.5. The van der Waals surface area contributed by atoms with Gasteiger partial charge >= 0.3 is 16.2 Å². The standard InChI is InChI=1S/C14H19F5O5S/c1-9(23-3)13-10(8-24-5-4-22-2)6-11(7-12(13)14(20)21)25(15,16,17,18)19/h6-7,9H,4-5,8H2,1-3H3,(H,20,21). The van der Waals surface area contributed by atoms with Gasteiger partial charge < -0.3 is 19.3 Å². The molecule has 0 saturated heterocycles. The normalized spacial score (nSPS) is 16.2. The third-order valence-electron chi connectivity index (χ3n) is 3.36. The van der Waals surface area contributed by atoms with Crippen molar-refractivity contribution in [3.8, 4) is 0 Å². The molecule has 0 saturated carbocycles. The van der Waals surface area contributed by atoms with Crippen molar-refractivity contribution in [3.63, 3.8) is 0 Å². The molecule has 0 spiro atoms. The Balaban J connectivity index is 3.57. The molecule has 1 atom stereocenters. The summed E-state index contributed by atoms with van der Waals surface area (Å²) in [5.74, 6) is -1.78. The third kappa shape index (κ3) is 5.80. The van der Waals surface area contributed by atoms with Gasteiger partial charge in [-0.3, -0.25) is 0 Å². The predicted octanol–water partition coefficient (Wildman–Crippen LogP) is 4.91. The van der Waals surface area contributed by atoms with Crippen LogP contribution in [0.2, 0.25) is 0 Å². The summed E-state index contributed by atoms with van der Waals surface area (Å²) >= 11 is 0. The van der Waals surface area contributed by atoms with E-state index in [1.807, 2.05) is 0 Å². The van der Waals surface area contributed by atoms with Crippen LogP contribution in [0.4, 0.5) is 19.4 Å². The number of carbonyl (C=O) groups is 1. The highest BCUT2D eigenvalue weighted by Gasteiger charge is 2.65. The van der Waals surface area contributed by atoms with Crippen LogP contribution in [0.25, 0.3) is 0 Å². The molecular weight excluding hydrogens is 375 g/mol. The Kier molecular flexibility index (Phi) is 5.80. The van der Waals surface area contributed by atoms with E-state index in [0.29, 0.717) is 0 Å². The third-order valence-corrected chi connectivity index (χ3v) is 4.49. The first kappa shape index (κ1) is 21.6. The second kappa shape index (κ2) is 6.71. The molecule has 0 aromatic heterocycles. The van der Waals surface area contributed by atoms with E-state index in [9.17, 15) is 29.3 Å². The lowest BCUT2D eigenvalue weighted by Gasteiger charge is -2.41. The van der Waals surface area contributed by atoms with Crippen LogP contribution >= 0.6 is 10.2 Å².